The molecule has 7 nitrogen and oxygen atoms in total. The highest BCUT2D eigenvalue weighted by Gasteiger charge is 2.16. The van der Waals surface area contributed by atoms with Gasteiger partial charge in [-0.1, -0.05) is 41.6 Å². The number of fused-ring (bicyclic) bond motifs is 1. The van der Waals surface area contributed by atoms with Crippen LogP contribution in [-0.4, -0.2) is 15.6 Å². The molecule has 34 heavy (non-hydrogen) atoms. The minimum atomic E-state index is -0.243. The van der Waals surface area contributed by atoms with Crippen LogP contribution in [0.1, 0.15) is 27.4 Å². The maximum atomic E-state index is 13.3. The van der Waals surface area contributed by atoms with E-state index in [0.717, 1.165) is 21.3 Å². The van der Waals surface area contributed by atoms with E-state index < -0.39 is 0 Å². The van der Waals surface area contributed by atoms with Gasteiger partial charge in [-0.15, -0.1) is 11.3 Å². The van der Waals surface area contributed by atoms with E-state index in [1.807, 2.05) is 60.8 Å². The van der Waals surface area contributed by atoms with Crippen LogP contribution in [0.5, 0.6) is 0 Å². The Morgan fingerprint density at radius 3 is 2.62 bits per heavy atom. The fourth-order valence-electron chi connectivity index (χ4n) is 3.77. The minimum absolute atomic E-state index is 0.226. The molecule has 8 heteroatoms. The van der Waals surface area contributed by atoms with Crippen LogP contribution in [0.2, 0.25) is 0 Å². The van der Waals surface area contributed by atoms with E-state index in [1.165, 1.54) is 22.0 Å². The summed E-state index contributed by atoms with van der Waals surface area (Å²) in [6, 6.07) is 18.8. The number of thiophene rings is 1. The Kier molecular flexibility index (Phi) is 5.73. The molecule has 5 rings (SSSR count). The van der Waals surface area contributed by atoms with Crippen molar-refractivity contribution in [2.45, 2.75) is 20.4 Å². The van der Waals surface area contributed by atoms with Gasteiger partial charge in [0.1, 0.15) is 11.5 Å². The first-order chi connectivity index (χ1) is 16.5. The van der Waals surface area contributed by atoms with Gasteiger partial charge in [0.05, 0.1) is 23.5 Å². The van der Waals surface area contributed by atoms with Gasteiger partial charge < -0.3 is 19.7 Å². The van der Waals surface area contributed by atoms with Gasteiger partial charge in [-0.3, -0.25) is 9.59 Å². The molecule has 170 valence electrons. The lowest BCUT2D eigenvalue weighted by molar-refractivity contribution is 0.102. The summed E-state index contributed by atoms with van der Waals surface area (Å²) in [6.07, 6.45) is 1.64. The molecule has 0 atom stereocenters. The smallest absolute Gasteiger partial charge is 0.257 e. The molecule has 0 saturated heterocycles. The average Bonchev–Trinajstić information content (AvgIpc) is 3.44. The molecular weight excluding hydrogens is 448 g/mol. The Balaban J connectivity index is 1.54. The highest BCUT2D eigenvalue weighted by molar-refractivity contribution is 7.17. The molecule has 0 unspecified atom stereocenters. The summed E-state index contributed by atoms with van der Waals surface area (Å²) in [5.41, 5.74) is 3.86. The molecule has 0 bridgehead atoms. The van der Waals surface area contributed by atoms with Gasteiger partial charge in [0.2, 0.25) is 0 Å². The monoisotopic (exact) mass is 470 g/mol. The van der Waals surface area contributed by atoms with Crippen molar-refractivity contribution in [1.29, 1.82) is 0 Å². The van der Waals surface area contributed by atoms with E-state index in [-0.39, 0.29) is 18.0 Å². The third kappa shape index (κ3) is 4.35. The van der Waals surface area contributed by atoms with Gasteiger partial charge >= 0.3 is 0 Å². The number of carbonyl (C=O) groups excluding carboxylic acids is 1. The second kappa shape index (κ2) is 8.99. The minimum Gasteiger partial charge on any atom is -0.361 e. The van der Waals surface area contributed by atoms with E-state index in [9.17, 15) is 9.59 Å². The van der Waals surface area contributed by atoms with Gasteiger partial charge in [-0.2, -0.15) is 0 Å². The third-order valence-corrected chi connectivity index (χ3v) is 6.49. The zero-order valence-corrected chi connectivity index (χ0v) is 19.5. The number of para-hydroxylation sites is 1. The summed E-state index contributed by atoms with van der Waals surface area (Å²) in [5.74, 6) is 0.423. The molecular formula is C26H22N4O3S. The highest BCUT2D eigenvalue weighted by Crippen LogP contribution is 2.29. The summed E-state index contributed by atoms with van der Waals surface area (Å²) in [7, 11) is 0. The topological polar surface area (TPSA) is 89.2 Å². The Morgan fingerprint density at radius 1 is 1.03 bits per heavy atom. The predicted molar refractivity (Wildman–Crippen MR) is 135 cm³/mol. The molecule has 0 aliphatic rings. The predicted octanol–water partition coefficient (Wildman–Crippen LogP) is 5.71. The second-order valence-electron chi connectivity index (χ2n) is 8.04. The van der Waals surface area contributed by atoms with Gasteiger partial charge in [0.15, 0.2) is 0 Å². The lowest BCUT2D eigenvalue weighted by Crippen LogP contribution is -2.23. The summed E-state index contributed by atoms with van der Waals surface area (Å²) >= 11 is 1.52. The molecule has 5 aromatic rings. The first-order valence-electron chi connectivity index (χ1n) is 10.7. The molecule has 0 aliphatic heterocycles. The molecule has 2 aromatic carbocycles. The van der Waals surface area contributed by atoms with Crippen LogP contribution in [0.15, 0.2) is 81.6 Å². The van der Waals surface area contributed by atoms with E-state index in [0.29, 0.717) is 28.4 Å². The van der Waals surface area contributed by atoms with Crippen molar-refractivity contribution < 1.29 is 9.32 Å². The average molecular weight is 471 g/mol. The fourth-order valence-corrected chi connectivity index (χ4v) is 4.71. The van der Waals surface area contributed by atoms with E-state index in [2.05, 4.69) is 15.8 Å². The van der Waals surface area contributed by atoms with Crippen molar-refractivity contribution in [3.8, 4) is 0 Å². The first-order valence-corrected chi connectivity index (χ1v) is 11.6. The zero-order chi connectivity index (χ0) is 23.7. The number of aromatic nitrogens is 2. The summed E-state index contributed by atoms with van der Waals surface area (Å²) in [6.45, 7) is 4.00. The molecule has 3 heterocycles. The van der Waals surface area contributed by atoms with Crippen LogP contribution in [0.3, 0.4) is 0 Å². The highest BCUT2D eigenvalue weighted by atomic mass is 32.1. The van der Waals surface area contributed by atoms with Crippen molar-refractivity contribution in [1.82, 2.24) is 9.72 Å². The number of anilines is 3. The quantitative estimate of drug-likeness (QED) is 0.332. The number of hydrogen-bond donors (Lipinski definition) is 2. The lowest BCUT2D eigenvalue weighted by atomic mass is 10.1. The Bertz CT molecular complexity index is 1560. The van der Waals surface area contributed by atoms with Crippen LogP contribution in [0.4, 0.5) is 17.1 Å². The summed E-state index contributed by atoms with van der Waals surface area (Å²) < 4.78 is 7.67. The number of aryl methyl sites for hydroxylation is 2. The number of carbonyl (C=O) groups is 1. The van der Waals surface area contributed by atoms with Gasteiger partial charge in [0.25, 0.3) is 11.5 Å². The molecule has 0 aliphatic carbocycles. The number of rotatable bonds is 6. The first kappa shape index (κ1) is 21.7. The number of hydrogen-bond acceptors (Lipinski definition) is 6. The molecule has 0 radical (unpaired) electrons. The Labute approximate surface area is 199 Å². The molecule has 3 aromatic heterocycles. The van der Waals surface area contributed by atoms with Crippen molar-refractivity contribution in [2.24, 2.45) is 0 Å². The standard InChI is InChI=1S/C26H22N4O3S/c1-16-7-3-5-9-21(16)27-22-12-25(31)30(13-18-11-17(2)33-29-18)14-23(22)28-26(32)20-15-34-24-10-6-4-8-19(20)24/h3-12,14-15,27H,13H2,1-2H3,(H,28,32). The number of nitrogens with one attached hydrogen (secondary N) is 2. The van der Waals surface area contributed by atoms with Crippen LogP contribution in [0.25, 0.3) is 10.1 Å². The van der Waals surface area contributed by atoms with Crippen LogP contribution in [0, 0.1) is 13.8 Å². The fraction of sp³-hybridized carbons (Fsp3) is 0.115. The summed E-state index contributed by atoms with van der Waals surface area (Å²) in [5, 5.41) is 13.0. The van der Waals surface area contributed by atoms with Gasteiger partial charge in [-0.25, -0.2) is 0 Å². The van der Waals surface area contributed by atoms with Gasteiger partial charge in [-0.05, 0) is 31.5 Å². The number of benzene rings is 2. The molecule has 1 amide bonds. The Morgan fingerprint density at radius 2 is 1.82 bits per heavy atom. The maximum absolute atomic E-state index is 13.3. The Hall–Kier alpha value is -4.17. The molecule has 0 spiro atoms. The van der Waals surface area contributed by atoms with Crippen molar-refractivity contribution >= 4 is 44.4 Å². The molecule has 0 fully saturated rings. The third-order valence-electron chi connectivity index (χ3n) is 5.52. The normalized spacial score (nSPS) is 11.0. The van der Waals surface area contributed by atoms with Gasteiger partial charge in [0, 0.05) is 39.5 Å². The molecule has 0 saturated carbocycles. The van der Waals surface area contributed by atoms with E-state index in [1.54, 1.807) is 19.2 Å². The number of pyridine rings is 1. The number of amides is 1. The molecule has 2 N–H and O–H groups in total. The van der Waals surface area contributed by atoms with Crippen molar-refractivity contribution in [3.63, 3.8) is 0 Å². The SMILES string of the molecule is Cc1cc(Cn2cc(NC(=O)c3csc4ccccc34)c(Nc3ccccc3C)cc2=O)no1. The maximum Gasteiger partial charge on any atom is 0.257 e. The van der Waals surface area contributed by atoms with Crippen LogP contribution in [-0.2, 0) is 6.54 Å². The largest absolute Gasteiger partial charge is 0.361 e. The van der Waals surface area contributed by atoms with Crippen LogP contribution < -0.4 is 16.2 Å². The van der Waals surface area contributed by atoms with Crippen molar-refractivity contribution in [2.75, 3.05) is 10.6 Å². The zero-order valence-electron chi connectivity index (χ0n) is 18.7. The van der Waals surface area contributed by atoms with Crippen molar-refractivity contribution in [3.05, 3.63) is 105 Å². The van der Waals surface area contributed by atoms with E-state index in [4.69, 9.17) is 4.52 Å². The number of nitrogens with zero attached hydrogens (tertiary/aromatic N) is 2. The van der Waals surface area contributed by atoms with E-state index >= 15 is 0 Å². The van der Waals surface area contributed by atoms with Crippen LogP contribution >= 0.6 is 11.3 Å². The summed E-state index contributed by atoms with van der Waals surface area (Å²) in [4.78, 5) is 26.2. The lowest BCUT2D eigenvalue weighted by Gasteiger charge is -2.16. The second-order valence-corrected chi connectivity index (χ2v) is 8.95.